The summed E-state index contributed by atoms with van der Waals surface area (Å²) in [6, 6.07) is 7.37. The van der Waals surface area contributed by atoms with Crippen molar-refractivity contribution in [1.82, 2.24) is 4.98 Å². The highest BCUT2D eigenvalue weighted by molar-refractivity contribution is 9.10. The molecular weight excluding hydrogens is 274 g/mol. The molecule has 5 heteroatoms. The van der Waals surface area contributed by atoms with Crippen molar-refractivity contribution in [1.29, 1.82) is 0 Å². The van der Waals surface area contributed by atoms with E-state index < -0.39 is 0 Å². The van der Waals surface area contributed by atoms with Crippen LogP contribution in [0, 0.1) is 0 Å². The van der Waals surface area contributed by atoms with Crippen LogP contribution in [0.15, 0.2) is 39.7 Å². The number of hydrogen-bond donors (Lipinski definition) is 0. The number of methoxy groups -OCH3 is 1. The average molecular weight is 284 g/mol. The second kappa shape index (κ2) is 5.03. The van der Waals surface area contributed by atoms with Gasteiger partial charge in [0.25, 0.3) is 4.80 Å². The first-order valence-electron chi connectivity index (χ1n) is 4.64. The van der Waals surface area contributed by atoms with Crippen molar-refractivity contribution in [2.75, 3.05) is 7.11 Å². The van der Waals surface area contributed by atoms with Gasteiger partial charge in [-0.3, -0.25) is 0 Å². The predicted octanol–water partition coefficient (Wildman–Crippen LogP) is 3.02. The summed E-state index contributed by atoms with van der Waals surface area (Å²) in [7, 11) is 1.63. The van der Waals surface area contributed by atoms with E-state index in [-0.39, 0.29) is 0 Å². The number of halogens is 1. The van der Waals surface area contributed by atoms with Crippen molar-refractivity contribution in [3.8, 4) is 11.5 Å². The van der Waals surface area contributed by atoms with E-state index in [0.717, 1.165) is 17.2 Å². The quantitative estimate of drug-likeness (QED) is 0.865. The van der Waals surface area contributed by atoms with Crippen LogP contribution in [0.2, 0.25) is 0 Å². The summed E-state index contributed by atoms with van der Waals surface area (Å²) >= 11 is 3.13. The zero-order chi connectivity index (χ0) is 11.4. The van der Waals surface area contributed by atoms with E-state index in [1.54, 1.807) is 13.4 Å². The summed E-state index contributed by atoms with van der Waals surface area (Å²) in [5.74, 6) is 1.57. The largest absolute Gasteiger partial charge is 0.497 e. The summed E-state index contributed by atoms with van der Waals surface area (Å²) in [4.78, 5) is 4.52. The van der Waals surface area contributed by atoms with Gasteiger partial charge in [-0.25, -0.2) is 4.98 Å². The molecule has 0 saturated heterocycles. The molecule has 1 aromatic heterocycles. The van der Waals surface area contributed by atoms with E-state index in [0.29, 0.717) is 11.4 Å². The van der Waals surface area contributed by atoms with Gasteiger partial charge in [0.15, 0.2) is 0 Å². The minimum atomic E-state index is 0.376. The normalized spacial score (nSPS) is 10.1. The first-order valence-corrected chi connectivity index (χ1v) is 5.44. The van der Waals surface area contributed by atoms with Crippen molar-refractivity contribution < 1.29 is 13.9 Å². The maximum Gasteiger partial charge on any atom is 0.264 e. The molecule has 0 aliphatic carbocycles. The molecule has 16 heavy (non-hydrogen) atoms. The summed E-state index contributed by atoms with van der Waals surface area (Å²) < 4.78 is 15.5. The maximum atomic E-state index is 5.51. The molecule has 0 atom stereocenters. The second-order valence-corrected chi connectivity index (χ2v) is 3.73. The molecule has 1 heterocycles. The molecule has 0 saturated carbocycles. The van der Waals surface area contributed by atoms with Crippen molar-refractivity contribution in [2.24, 2.45) is 0 Å². The lowest BCUT2D eigenvalue weighted by atomic mass is 10.3. The third kappa shape index (κ3) is 2.76. The minimum absolute atomic E-state index is 0.376. The molecule has 0 amide bonds. The van der Waals surface area contributed by atoms with Crippen LogP contribution in [0.25, 0.3) is 0 Å². The summed E-state index contributed by atoms with van der Waals surface area (Å²) in [5, 5.41) is 0. The fraction of sp³-hybridized carbons (Fsp3) is 0.182. The lowest BCUT2D eigenvalue weighted by molar-refractivity contribution is 0.300. The van der Waals surface area contributed by atoms with Crippen LogP contribution < -0.4 is 9.47 Å². The van der Waals surface area contributed by atoms with Crippen LogP contribution in [0.5, 0.6) is 11.5 Å². The zero-order valence-electron chi connectivity index (χ0n) is 8.64. The first-order chi connectivity index (χ1) is 7.78. The molecule has 0 fully saturated rings. The third-order valence-corrected chi connectivity index (χ3v) is 2.33. The van der Waals surface area contributed by atoms with Crippen LogP contribution in [0.1, 0.15) is 5.69 Å². The molecule has 1 aromatic carbocycles. The van der Waals surface area contributed by atoms with Gasteiger partial charge in [-0.15, -0.1) is 0 Å². The molecule has 0 radical (unpaired) electrons. The molecule has 84 valence electrons. The Morgan fingerprint density at radius 1 is 1.25 bits per heavy atom. The van der Waals surface area contributed by atoms with Gasteiger partial charge in [0.05, 0.1) is 7.11 Å². The number of ether oxygens (including phenoxy) is 2. The molecule has 4 nitrogen and oxygen atoms in total. The smallest absolute Gasteiger partial charge is 0.264 e. The van der Waals surface area contributed by atoms with E-state index in [2.05, 4.69) is 20.9 Å². The minimum Gasteiger partial charge on any atom is -0.497 e. The summed E-state index contributed by atoms with van der Waals surface area (Å²) in [6.07, 6.45) is 1.55. The van der Waals surface area contributed by atoms with Crippen molar-refractivity contribution in [2.45, 2.75) is 6.61 Å². The van der Waals surface area contributed by atoms with Gasteiger partial charge < -0.3 is 13.9 Å². The molecule has 0 aliphatic rings. The Kier molecular flexibility index (Phi) is 3.46. The Balaban J connectivity index is 1.94. The second-order valence-electron chi connectivity index (χ2n) is 3.06. The molecule has 0 spiro atoms. The summed E-state index contributed by atoms with van der Waals surface area (Å²) in [6.45, 7) is 0.376. The summed E-state index contributed by atoms with van der Waals surface area (Å²) in [5.41, 5.74) is 0.739. The standard InChI is InChI=1S/C11H10BrNO3/c1-14-9-2-4-10(5-3-9)15-6-8-7-16-11(12)13-8/h2-5,7H,6H2,1H3. The van der Waals surface area contributed by atoms with E-state index in [1.165, 1.54) is 0 Å². The van der Waals surface area contributed by atoms with Gasteiger partial charge in [0.2, 0.25) is 0 Å². The lowest BCUT2D eigenvalue weighted by Crippen LogP contribution is -1.95. The van der Waals surface area contributed by atoms with Gasteiger partial charge in [0.1, 0.15) is 30.1 Å². The van der Waals surface area contributed by atoms with Gasteiger partial charge in [0, 0.05) is 15.9 Å². The van der Waals surface area contributed by atoms with Crippen molar-refractivity contribution in [3.05, 3.63) is 41.0 Å². The Morgan fingerprint density at radius 2 is 1.94 bits per heavy atom. The van der Waals surface area contributed by atoms with Gasteiger partial charge in [-0.2, -0.15) is 0 Å². The van der Waals surface area contributed by atoms with Gasteiger partial charge in [-0.1, -0.05) is 0 Å². The van der Waals surface area contributed by atoms with Crippen LogP contribution in [-0.4, -0.2) is 12.1 Å². The predicted molar refractivity (Wildman–Crippen MR) is 61.5 cm³/mol. The maximum absolute atomic E-state index is 5.51. The molecular formula is C11H10BrNO3. The zero-order valence-corrected chi connectivity index (χ0v) is 10.2. The number of benzene rings is 1. The molecule has 0 aliphatic heterocycles. The van der Waals surface area contributed by atoms with Crippen molar-refractivity contribution >= 4 is 15.9 Å². The molecule has 0 unspecified atom stereocenters. The van der Waals surface area contributed by atoms with Gasteiger partial charge >= 0.3 is 0 Å². The first kappa shape index (κ1) is 11.0. The highest BCUT2D eigenvalue weighted by Crippen LogP contribution is 2.18. The number of oxazole rings is 1. The molecule has 0 N–H and O–H groups in total. The third-order valence-electron chi connectivity index (χ3n) is 1.97. The average Bonchev–Trinajstić information content (AvgIpc) is 2.73. The van der Waals surface area contributed by atoms with E-state index in [1.807, 2.05) is 24.3 Å². The highest BCUT2D eigenvalue weighted by Gasteiger charge is 2.01. The van der Waals surface area contributed by atoms with Crippen molar-refractivity contribution in [3.63, 3.8) is 0 Å². The monoisotopic (exact) mass is 283 g/mol. The lowest BCUT2D eigenvalue weighted by Gasteiger charge is -2.04. The molecule has 2 rings (SSSR count). The Hall–Kier alpha value is -1.49. The van der Waals surface area contributed by atoms with Crippen LogP contribution in [-0.2, 0) is 6.61 Å². The van der Waals surface area contributed by atoms with Crippen LogP contribution >= 0.6 is 15.9 Å². The Morgan fingerprint density at radius 3 is 2.50 bits per heavy atom. The SMILES string of the molecule is COc1ccc(OCc2coc(Br)n2)cc1. The van der Waals surface area contributed by atoms with E-state index >= 15 is 0 Å². The number of rotatable bonds is 4. The van der Waals surface area contributed by atoms with E-state index in [9.17, 15) is 0 Å². The number of aromatic nitrogens is 1. The van der Waals surface area contributed by atoms with Crippen LogP contribution in [0.3, 0.4) is 0 Å². The molecule has 0 bridgehead atoms. The molecule has 2 aromatic rings. The Labute approximate surface area is 101 Å². The number of nitrogens with zero attached hydrogens (tertiary/aromatic N) is 1. The number of hydrogen-bond acceptors (Lipinski definition) is 4. The topological polar surface area (TPSA) is 44.5 Å². The highest BCUT2D eigenvalue weighted by atomic mass is 79.9. The van der Waals surface area contributed by atoms with Crippen LogP contribution in [0.4, 0.5) is 0 Å². The van der Waals surface area contributed by atoms with Gasteiger partial charge in [-0.05, 0) is 24.3 Å². The Bertz CT molecular complexity index is 453. The van der Waals surface area contributed by atoms with E-state index in [4.69, 9.17) is 13.9 Å². The fourth-order valence-corrected chi connectivity index (χ4v) is 1.50. The fourth-order valence-electron chi connectivity index (χ4n) is 1.18.